The Hall–Kier alpha value is -0.710. The topological polar surface area (TPSA) is 12.9 Å². The molecule has 0 unspecified atom stereocenters. The predicted molar refractivity (Wildman–Crippen MR) is 63.9 cm³/mol. The fourth-order valence-corrected chi connectivity index (χ4v) is 2.14. The Morgan fingerprint density at radius 3 is 2.71 bits per heavy atom. The lowest BCUT2D eigenvalue weighted by Crippen LogP contribution is -1.92. The predicted octanol–water partition coefficient (Wildman–Crippen LogP) is 3.60. The number of rotatable bonds is 0. The molecule has 0 fully saturated rings. The number of hydrogen-bond acceptors (Lipinski definition) is 1. The van der Waals surface area contributed by atoms with Crippen LogP contribution in [0.1, 0.15) is 11.3 Å². The van der Waals surface area contributed by atoms with E-state index in [1.165, 1.54) is 6.07 Å². The summed E-state index contributed by atoms with van der Waals surface area (Å²) in [6, 6.07) is 5.37. The SMILES string of the molecule is Cc1ccc2c(C)c(F)cc(I)c2n1. The van der Waals surface area contributed by atoms with Gasteiger partial charge in [0.25, 0.3) is 0 Å². The average Bonchev–Trinajstić information content (AvgIpc) is 2.14. The highest BCUT2D eigenvalue weighted by molar-refractivity contribution is 14.1. The van der Waals surface area contributed by atoms with Crippen molar-refractivity contribution >= 4 is 33.5 Å². The summed E-state index contributed by atoms with van der Waals surface area (Å²) in [5.41, 5.74) is 2.53. The lowest BCUT2D eigenvalue weighted by molar-refractivity contribution is 0.620. The Kier molecular flexibility index (Phi) is 2.43. The van der Waals surface area contributed by atoms with E-state index in [0.717, 1.165) is 20.2 Å². The van der Waals surface area contributed by atoms with Gasteiger partial charge in [-0.3, -0.25) is 4.98 Å². The van der Waals surface area contributed by atoms with Crippen LogP contribution in [-0.4, -0.2) is 4.98 Å². The van der Waals surface area contributed by atoms with E-state index in [4.69, 9.17) is 0 Å². The molecule has 0 saturated carbocycles. The van der Waals surface area contributed by atoms with E-state index in [0.29, 0.717) is 5.56 Å². The highest BCUT2D eigenvalue weighted by Crippen LogP contribution is 2.24. The van der Waals surface area contributed by atoms with Gasteiger partial charge in [0, 0.05) is 14.7 Å². The summed E-state index contributed by atoms with van der Waals surface area (Å²) in [5.74, 6) is -0.160. The van der Waals surface area contributed by atoms with Gasteiger partial charge in [-0.2, -0.15) is 0 Å². The Labute approximate surface area is 95.5 Å². The number of fused-ring (bicyclic) bond motifs is 1. The minimum Gasteiger partial charge on any atom is -0.252 e. The minimum atomic E-state index is -0.160. The highest BCUT2D eigenvalue weighted by Gasteiger charge is 2.08. The van der Waals surface area contributed by atoms with Crippen molar-refractivity contribution in [2.45, 2.75) is 13.8 Å². The molecule has 0 amide bonds. The third kappa shape index (κ3) is 1.49. The van der Waals surface area contributed by atoms with Gasteiger partial charge in [0.15, 0.2) is 0 Å². The Morgan fingerprint density at radius 1 is 1.29 bits per heavy atom. The lowest BCUT2D eigenvalue weighted by Gasteiger charge is -2.05. The lowest BCUT2D eigenvalue weighted by atomic mass is 10.1. The zero-order chi connectivity index (χ0) is 10.3. The minimum absolute atomic E-state index is 0.160. The number of benzene rings is 1. The maximum Gasteiger partial charge on any atom is 0.127 e. The summed E-state index contributed by atoms with van der Waals surface area (Å²) in [5, 5.41) is 0.903. The molecule has 0 aliphatic rings. The number of nitrogens with zero attached hydrogens (tertiary/aromatic N) is 1. The van der Waals surface area contributed by atoms with Gasteiger partial charge in [0.05, 0.1) is 5.52 Å². The first-order valence-corrected chi connectivity index (χ1v) is 5.39. The molecule has 0 radical (unpaired) electrons. The van der Waals surface area contributed by atoms with Crippen molar-refractivity contribution in [2.24, 2.45) is 0 Å². The molecule has 0 aliphatic carbocycles. The van der Waals surface area contributed by atoms with Gasteiger partial charge < -0.3 is 0 Å². The highest BCUT2D eigenvalue weighted by atomic mass is 127. The van der Waals surface area contributed by atoms with Crippen LogP contribution < -0.4 is 0 Å². The molecule has 0 saturated heterocycles. The summed E-state index contributed by atoms with van der Waals surface area (Å²) < 4.78 is 14.2. The molecule has 0 aliphatic heterocycles. The summed E-state index contributed by atoms with van der Waals surface area (Å²) in [6.45, 7) is 3.72. The second-order valence-corrected chi connectivity index (χ2v) is 4.48. The van der Waals surface area contributed by atoms with E-state index in [1.807, 2.05) is 19.1 Å². The average molecular weight is 301 g/mol. The molecule has 1 heterocycles. The van der Waals surface area contributed by atoms with Crippen molar-refractivity contribution in [3.63, 3.8) is 0 Å². The maximum atomic E-state index is 13.4. The number of hydrogen-bond donors (Lipinski definition) is 0. The summed E-state index contributed by atoms with van der Waals surface area (Å²) in [4.78, 5) is 4.40. The molecule has 14 heavy (non-hydrogen) atoms. The zero-order valence-electron chi connectivity index (χ0n) is 7.94. The molecule has 2 aromatic rings. The molecular formula is C11H9FIN. The summed E-state index contributed by atoms with van der Waals surface area (Å²) in [6.07, 6.45) is 0. The number of aryl methyl sites for hydroxylation is 2. The number of halogens is 2. The second-order valence-electron chi connectivity index (χ2n) is 3.31. The van der Waals surface area contributed by atoms with Crippen molar-refractivity contribution in [2.75, 3.05) is 0 Å². The third-order valence-corrected chi connectivity index (χ3v) is 3.10. The van der Waals surface area contributed by atoms with Crippen LogP contribution in [0.15, 0.2) is 18.2 Å². The van der Waals surface area contributed by atoms with Crippen molar-refractivity contribution in [3.8, 4) is 0 Å². The maximum absolute atomic E-state index is 13.4. The molecule has 72 valence electrons. The molecule has 0 bridgehead atoms. The fraction of sp³-hybridized carbons (Fsp3) is 0.182. The van der Waals surface area contributed by atoms with Gasteiger partial charge in [-0.15, -0.1) is 0 Å². The molecule has 0 atom stereocenters. The van der Waals surface area contributed by atoms with E-state index in [1.54, 1.807) is 6.92 Å². The zero-order valence-corrected chi connectivity index (χ0v) is 10.1. The quantitative estimate of drug-likeness (QED) is 0.678. The van der Waals surface area contributed by atoms with E-state index in [-0.39, 0.29) is 5.82 Å². The monoisotopic (exact) mass is 301 g/mol. The first-order valence-electron chi connectivity index (χ1n) is 4.31. The van der Waals surface area contributed by atoms with Gasteiger partial charge in [-0.1, -0.05) is 6.07 Å². The smallest absolute Gasteiger partial charge is 0.127 e. The fourth-order valence-electron chi connectivity index (χ4n) is 1.46. The van der Waals surface area contributed by atoms with E-state index in [9.17, 15) is 4.39 Å². The van der Waals surface area contributed by atoms with Crippen LogP contribution in [0.3, 0.4) is 0 Å². The van der Waals surface area contributed by atoms with Gasteiger partial charge in [0.1, 0.15) is 5.82 Å². The number of pyridine rings is 1. The van der Waals surface area contributed by atoms with Crippen LogP contribution >= 0.6 is 22.6 Å². The third-order valence-electron chi connectivity index (χ3n) is 2.28. The van der Waals surface area contributed by atoms with Crippen LogP contribution in [0.4, 0.5) is 4.39 Å². The summed E-state index contributed by atoms with van der Waals surface area (Å²) >= 11 is 2.11. The Balaban J connectivity index is 2.94. The molecule has 3 heteroatoms. The van der Waals surface area contributed by atoms with Crippen LogP contribution in [0.2, 0.25) is 0 Å². The van der Waals surface area contributed by atoms with Gasteiger partial charge >= 0.3 is 0 Å². The molecule has 1 aromatic carbocycles. The van der Waals surface area contributed by atoms with Crippen LogP contribution in [0.5, 0.6) is 0 Å². The number of aromatic nitrogens is 1. The Bertz CT molecular complexity index is 508. The van der Waals surface area contributed by atoms with Crippen molar-refractivity contribution in [1.82, 2.24) is 4.98 Å². The molecule has 1 aromatic heterocycles. The van der Waals surface area contributed by atoms with Crippen molar-refractivity contribution in [1.29, 1.82) is 0 Å². The van der Waals surface area contributed by atoms with Crippen LogP contribution in [-0.2, 0) is 0 Å². The largest absolute Gasteiger partial charge is 0.252 e. The second kappa shape index (κ2) is 3.46. The van der Waals surface area contributed by atoms with Crippen molar-refractivity contribution < 1.29 is 4.39 Å². The Morgan fingerprint density at radius 2 is 2.00 bits per heavy atom. The normalized spacial score (nSPS) is 10.9. The van der Waals surface area contributed by atoms with E-state index < -0.39 is 0 Å². The molecule has 0 spiro atoms. The van der Waals surface area contributed by atoms with E-state index in [2.05, 4.69) is 27.6 Å². The molecular weight excluding hydrogens is 292 g/mol. The summed E-state index contributed by atoms with van der Waals surface area (Å²) in [7, 11) is 0. The van der Waals surface area contributed by atoms with Gasteiger partial charge in [0.2, 0.25) is 0 Å². The standard InChI is InChI=1S/C11H9FIN/c1-6-3-4-8-7(2)9(12)5-10(13)11(8)14-6/h3-5H,1-2H3. The van der Waals surface area contributed by atoms with Crippen LogP contribution in [0, 0.1) is 23.2 Å². The van der Waals surface area contributed by atoms with E-state index >= 15 is 0 Å². The van der Waals surface area contributed by atoms with Crippen molar-refractivity contribution in [3.05, 3.63) is 38.8 Å². The first kappa shape index (κ1) is 9.83. The molecule has 1 nitrogen and oxygen atoms in total. The van der Waals surface area contributed by atoms with Gasteiger partial charge in [-0.05, 0) is 54.1 Å². The van der Waals surface area contributed by atoms with Gasteiger partial charge in [-0.25, -0.2) is 4.39 Å². The molecule has 2 rings (SSSR count). The first-order chi connectivity index (χ1) is 6.59. The van der Waals surface area contributed by atoms with Crippen LogP contribution in [0.25, 0.3) is 10.9 Å². The molecule has 0 N–H and O–H groups in total.